The van der Waals surface area contributed by atoms with Crippen molar-refractivity contribution in [2.75, 3.05) is 26.2 Å². The summed E-state index contributed by atoms with van der Waals surface area (Å²) in [6, 6.07) is 0. The molecule has 2 rings (SSSR count). The van der Waals surface area contributed by atoms with Crippen molar-refractivity contribution in [3.8, 4) is 0 Å². The van der Waals surface area contributed by atoms with Gasteiger partial charge in [-0.1, -0.05) is 51.4 Å². The first-order chi connectivity index (χ1) is 12.6. The van der Waals surface area contributed by atoms with Crippen molar-refractivity contribution in [3.63, 3.8) is 0 Å². The number of unbranched alkanes of at least 4 members (excludes halogenated alkanes) is 9. The lowest BCUT2D eigenvalue weighted by Crippen LogP contribution is -2.34. The summed E-state index contributed by atoms with van der Waals surface area (Å²) >= 11 is 0. The van der Waals surface area contributed by atoms with E-state index in [1.54, 1.807) is 4.90 Å². The van der Waals surface area contributed by atoms with Gasteiger partial charge in [0.1, 0.15) is 13.1 Å². The largest absolute Gasteiger partial charge is 0.369 e. The molecule has 0 spiro atoms. The molecule has 0 saturated carbocycles. The summed E-state index contributed by atoms with van der Waals surface area (Å²) in [4.78, 5) is 29.6. The van der Waals surface area contributed by atoms with E-state index < -0.39 is 0 Å². The normalized spacial score (nSPS) is 17.2. The molecular weight excluding hydrogens is 332 g/mol. The summed E-state index contributed by atoms with van der Waals surface area (Å²) in [5.41, 5.74) is 5.67. The van der Waals surface area contributed by atoms with Crippen LogP contribution in [0.5, 0.6) is 0 Å². The van der Waals surface area contributed by atoms with Crippen molar-refractivity contribution < 1.29 is 9.59 Å². The van der Waals surface area contributed by atoms with Gasteiger partial charge in [0.15, 0.2) is 11.9 Å². The summed E-state index contributed by atoms with van der Waals surface area (Å²) in [6.07, 6.45) is 12.0. The predicted molar refractivity (Wildman–Crippen MR) is 102 cm³/mol. The molecule has 4 N–H and O–H groups in total. The van der Waals surface area contributed by atoms with E-state index in [4.69, 9.17) is 11.1 Å². The maximum Gasteiger partial charge on any atom is 0.268 e. The molecule has 2 aliphatic heterocycles. The van der Waals surface area contributed by atoms with Gasteiger partial charge in [-0.25, -0.2) is 0 Å². The second-order valence-electron chi connectivity index (χ2n) is 7.14. The summed E-state index contributed by atoms with van der Waals surface area (Å²) < 4.78 is 0. The van der Waals surface area contributed by atoms with Gasteiger partial charge in [-0.15, -0.1) is 0 Å². The van der Waals surface area contributed by atoms with Crippen LogP contribution in [0.4, 0.5) is 0 Å². The predicted octanol–water partition coefficient (Wildman–Crippen LogP) is 1.41. The molecule has 26 heavy (non-hydrogen) atoms. The van der Waals surface area contributed by atoms with Crippen molar-refractivity contribution in [3.05, 3.63) is 0 Å². The average Bonchev–Trinajstić information content (AvgIpc) is 3.08. The number of nitrogens with two attached hydrogens (primary N) is 1. The van der Waals surface area contributed by atoms with Gasteiger partial charge in [0.25, 0.3) is 5.91 Å². The van der Waals surface area contributed by atoms with Crippen molar-refractivity contribution >= 4 is 23.7 Å². The lowest BCUT2D eigenvalue weighted by Gasteiger charge is -2.15. The number of hydrogen-bond donors (Lipinski definition) is 3. The molecule has 8 nitrogen and oxygen atoms in total. The van der Waals surface area contributed by atoms with Crippen LogP contribution in [0.3, 0.4) is 0 Å². The standard InChI is InChI=1S/C18H32N6O2/c19-17-21-15(25)13-23(17)11-9-7-5-3-1-2-4-6-8-10-12-24-14-16(26)22-18(24)20/h1-14H2,(H2,19,21,25)(H2,20,22,26). The first kappa shape index (κ1) is 20.2. The summed E-state index contributed by atoms with van der Waals surface area (Å²) in [5, 5.41) is 10.1. The van der Waals surface area contributed by atoms with Gasteiger partial charge < -0.3 is 15.5 Å². The Morgan fingerprint density at radius 1 is 0.846 bits per heavy atom. The van der Waals surface area contributed by atoms with Gasteiger partial charge in [-0.05, 0) is 12.8 Å². The fourth-order valence-corrected chi connectivity index (χ4v) is 3.39. The molecule has 1 fully saturated rings. The van der Waals surface area contributed by atoms with Crippen LogP contribution in [0.25, 0.3) is 0 Å². The number of carbonyl (C=O) groups excluding carboxylic acids is 2. The molecule has 0 radical (unpaired) electrons. The van der Waals surface area contributed by atoms with E-state index in [0.717, 1.165) is 32.4 Å². The highest BCUT2D eigenvalue weighted by molar-refractivity contribution is 6.02. The second kappa shape index (κ2) is 10.8. The molecule has 2 aliphatic rings. The summed E-state index contributed by atoms with van der Waals surface area (Å²) in [5.74, 6) is 0.424. The number of rotatable bonds is 13. The minimum absolute atomic E-state index is 0.0690. The molecular formula is C18H32N6O2. The highest BCUT2D eigenvalue weighted by Gasteiger charge is 2.22. The van der Waals surface area contributed by atoms with E-state index in [-0.39, 0.29) is 17.8 Å². The Balaban J connectivity index is 1.32. The zero-order valence-electron chi connectivity index (χ0n) is 15.6. The van der Waals surface area contributed by atoms with Gasteiger partial charge in [0, 0.05) is 13.1 Å². The van der Waals surface area contributed by atoms with E-state index in [1.807, 2.05) is 4.90 Å². The fourth-order valence-electron chi connectivity index (χ4n) is 3.39. The Labute approximate surface area is 155 Å². The Morgan fingerprint density at radius 3 is 1.77 bits per heavy atom. The summed E-state index contributed by atoms with van der Waals surface area (Å²) in [7, 11) is 0. The number of nitrogens with one attached hydrogen (secondary N) is 2. The molecule has 8 heteroatoms. The molecule has 0 unspecified atom stereocenters. The van der Waals surface area contributed by atoms with Crippen LogP contribution in [-0.4, -0.2) is 59.7 Å². The number of carbonyl (C=O) groups is 2. The van der Waals surface area contributed by atoms with Crippen LogP contribution >= 0.6 is 0 Å². The lowest BCUT2D eigenvalue weighted by atomic mass is 10.1. The van der Waals surface area contributed by atoms with Crippen LogP contribution < -0.4 is 11.1 Å². The third-order valence-electron chi connectivity index (χ3n) is 4.90. The Bertz CT molecular complexity index is 522. The molecule has 0 aromatic heterocycles. The van der Waals surface area contributed by atoms with E-state index >= 15 is 0 Å². The smallest absolute Gasteiger partial charge is 0.268 e. The third-order valence-corrected chi connectivity index (χ3v) is 4.90. The van der Waals surface area contributed by atoms with Crippen molar-refractivity contribution in [2.24, 2.45) is 10.7 Å². The maximum absolute atomic E-state index is 11.1. The Hall–Kier alpha value is -2.12. The Kier molecular flexibility index (Phi) is 8.37. The highest BCUT2D eigenvalue weighted by Crippen LogP contribution is 2.12. The molecule has 0 aromatic rings. The molecule has 0 aliphatic carbocycles. The minimum atomic E-state index is -0.133. The Morgan fingerprint density at radius 2 is 1.35 bits per heavy atom. The zero-order chi connectivity index (χ0) is 18.8. The molecule has 0 atom stereocenters. The molecule has 1 saturated heterocycles. The van der Waals surface area contributed by atoms with Crippen LogP contribution in [0.15, 0.2) is 4.99 Å². The minimum Gasteiger partial charge on any atom is -0.369 e. The highest BCUT2D eigenvalue weighted by atomic mass is 16.2. The van der Waals surface area contributed by atoms with E-state index in [1.165, 1.54) is 44.9 Å². The second-order valence-corrected chi connectivity index (χ2v) is 7.14. The van der Waals surface area contributed by atoms with Crippen LogP contribution in [-0.2, 0) is 9.59 Å². The molecule has 146 valence electrons. The van der Waals surface area contributed by atoms with Crippen molar-refractivity contribution in [1.82, 2.24) is 15.1 Å². The van der Waals surface area contributed by atoms with Gasteiger partial charge in [-0.2, -0.15) is 4.99 Å². The maximum atomic E-state index is 11.1. The molecule has 2 amide bonds. The molecule has 2 heterocycles. The third kappa shape index (κ3) is 7.01. The first-order valence-corrected chi connectivity index (χ1v) is 9.81. The van der Waals surface area contributed by atoms with Crippen molar-refractivity contribution in [2.45, 2.75) is 64.2 Å². The molecule has 0 aromatic carbocycles. The topological polar surface area (TPSA) is 115 Å². The van der Waals surface area contributed by atoms with Crippen molar-refractivity contribution in [1.29, 1.82) is 5.41 Å². The molecule has 0 bridgehead atoms. The number of amides is 2. The van der Waals surface area contributed by atoms with E-state index in [0.29, 0.717) is 19.0 Å². The van der Waals surface area contributed by atoms with E-state index in [9.17, 15) is 9.59 Å². The van der Waals surface area contributed by atoms with Gasteiger partial charge in [-0.3, -0.25) is 20.3 Å². The number of nitrogens with zero attached hydrogens (tertiary/aromatic N) is 3. The number of hydrogen-bond acceptors (Lipinski definition) is 5. The fraction of sp³-hybridized carbons (Fsp3) is 0.778. The van der Waals surface area contributed by atoms with Crippen LogP contribution in [0.2, 0.25) is 0 Å². The van der Waals surface area contributed by atoms with Crippen LogP contribution in [0, 0.1) is 5.41 Å². The monoisotopic (exact) mass is 364 g/mol. The van der Waals surface area contributed by atoms with Gasteiger partial charge >= 0.3 is 0 Å². The van der Waals surface area contributed by atoms with E-state index in [2.05, 4.69) is 10.3 Å². The zero-order valence-corrected chi connectivity index (χ0v) is 15.6. The number of guanidine groups is 2. The van der Waals surface area contributed by atoms with Crippen LogP contribution in [0.1, 0.15) is 64.2 Å². The average molecular weight is 364 g/mol. The van der Waals surface area contributed by atoms with Gasteiger partial charge in [0.05, 0.1) is 0 Å². The SMILES string of the molecule is N=C1NC(=O)CN1CCCCCCCCCCCCN1CC(=O)N=C1N. The lowest BCUT2D eigenvalue weighted by molar-refractivity contribution is -0.118. The number of aliphatic imine (C=N–C) groups is 1. The summed E-state index contributed by atoms with van der Waals surface area (Å²) in [6.45, 7) is 2.32. The first-order valence-electron chi connectivity index (χ1n) is 9.81. The quantitative estimate of drug-likeness (QED) is 0.427. The van der Waals surface area contributed by atoms with Gasteiger partial charge in [0.2, 0.25) is 5.91 Å².